The molecule has 0 radical (unpaired) electrons. The highest BCUT2D eigenvalue weighted by atomic mass is 35.5. The van der Waals surface area contributed by atoms with Gasteiger partial charge in [-0.2, -0.15) is 0 Å². The van der Waals surface area contributed by atoms with E-state index in [0.717, 1.165) is 5.56 Å². The molecule has 2 rings (SSSR count). The topological polar surface area (TPSA) is 106 Å². The third-order valence-electron chi connectivity index (χ3n) is 3.35. The van der Waals surface area contributed by atoms with E-state index in [1.165, 1.54) is 30.0 Å². The van der Waals surface area contributed by atoms with E-state index in [9.17, 15) is 14.9 Å². The molecule has 0 amide bonds. The zero-order valence-corrected chi connectivity index (χ0v) is 14.1. The molecule has 8 heteroatoms. The standard InChI is InChI=1S/C16H15ClN2O4S/c17-13-4-2-1-3-11(13)16(24-8-7-15(20)21)12-9-10(19(22)23)5-6-14(12)18/h1-6,9,16H,7-8,18H2,(H,20,21). The zero-order valence-electron chi connectivity index (χ0n) is 12.5. The molecule has 0 bridgehead atoms. The Labute approximate surface area is 147 Å². The summed E-state index contributed by atoms with van der Waals surface area (Å²) in [5.74, 6) is -0.583. The molecule has 6 nitrogen and oxygen atoms in total. The number of thioether (sulfide) groups is 1. The molecule has 126 valence electrons. The number of carboxylic acids is 1. The van der Waals surface area contributed by atoms with Crippen LogP contribution in [0.25, 0.3) is 0 Å². The maximum absolute atomic E-state index is 11.0. The zero-order chi connectivity index (χ0) is 17.7. The van der Waals surface area contributed by atoms with E-state index in [4.69, 9.17) is 22.4 Å². The van der Waals surface area contributed by atoms with Crippen LogP contribution in [0, 0.1) is 10.1 Å². The van der Waals surface area contributed by atoms with E-state index >= 15 is 0 Å². The monoisotopic (exact) mass is 366 g/mol. The van der Waals surface area contributed by atoms with Crippen LogP contribution in [0.3, 0.4) is 0 Å². The van der Waals surface area contributed by atoms with Gasteiger partial charge in [-0.15, -0.1) is 11.8 Å². The normalized spacial score (nSPS) is 11.9. The first-order chi connectivity index (χ1) is 11.4. The second kappa shape index (κ2) is 8.03. The molecule has 24 heavy (non-hydrogen) atoms. The summed E-state index contributed by atoms with van der Waals surface area (Å²) < 4.78 is 0. The molecule has 2 aromatic rings. The summed E-state index contributed by atoms with van der Waals surface area (Å²) in [6.07, 6.45) is -0.0273. The first-order valence-corrected chi connectivity index (χ1v) is 8.44. The lowest BCUT2D eigenvalue weighted by Crippen LogP contribution is -2.06. The number of nitrogens with zero attached hydrogens (tertiary/aromatic N) is 1. The Morgan fingerprint density at radius 3 is 2.62 bits per heavy atom. The minimum atomic E-state index is -0.910. The van der Waals surface area contributed by atoms with Crippen LogP contribution < -0.4 is 5.73 Å². The summed E-state index contributed by atoms with van der Waals surface area (Å²) in [7, 11) is 0. The fourth-order valence-corrected chi connectivity index (χ4v) is 3.81. The number of nitrogen functional groups attached to an aromatic ring is 1. The Bertz CT molecular complexity index is 769. The number of non-ortho nitro benzene ring substituents is 1. The van der Waals surface area contributed by atoms with Crippen LogP contribution >= 0.6 is 23.4 Å². The number of carboxylic acid groups (broad SMARTS) is 1. The summed E-state index contributed by atoms with van der Waals surface area (Å²) in [5.41, 5.74) is 7.62. The number of halogens is 1. The lowest BCUT2D eigenvalue weighted by molar-refractivity contribution is -0.384. The summed E-state index contributed by atoms with van der Waals surface area (Å²) >= 11 is 7.60. The molecule has 0 aromatic heterocycles. The second-order valence-electron chi connectivity index (χ2n) is 4.99. The average Bonchev–Trinajstić information content (AvgIpc) is 2.53. The molecule has 0 saturated heterocycles. The molecular formula is C16H15ClN2O4S. The van der Waals surface area contributed by atoms with Crippen molar-refractivity contribution in [1.29, 1.82) is 0 Å². The van der Waals surface area contributed by atoms with Crippen molar-refractivity contribution in [2.75, 3.05) is 11.5 Å². The van der Waals surface area contributed by atoms with Gasteiger partial charge in [0.2, 0.25) is 0 Å². The molecule has 0 aliphatic rings. The molecule has 0 saturated carbocycles. The molecule has 0 spiro atoms. The van der Waals surface area contributed by atoms with Crippen molar-refractivity contribution in [2.45, 2.75) is 11.7 Å². The highest BCUT2D eigenvalue weighted by Crippen LogP contribution is 2.42. The van der Waals surface area contributed by atoms with Crippen molar-refractivity contribution >= 4 is 40.7 Å². The summed E-state index contributed by atoms with van der Waals surface area (Å²) in [6.45, 7) is 0. The number of carbonyl (C=O) groups is 1. The Hall–Kier alpha value is -2.25. The summed E-state index contributed by atoms with van der Waals surface area (Å²) in [4.78, 5) is 21.3. The third kappa shape index (κ3) is 4.39. The van der Waals surface area contributed by atoms with E-state index in [2.05, 4.69) is 0 Å². The third-order valence-corrected chi connectivity index (χ3v) is 4.98. The Kier molecular flexibility index (Phi) is 6.05. The van der Waals surface area contributed by atoms with E-state index in [-0.39, 0.29) is 12.1 Å². The van der Waals surface area contributed by atoms with Gasteiger partial charge in [0.1, 0.15) is 0 Å². The SMILES string of the molecule is Nc1ccc([N+](=O)[O-])cc1C(SCCC(=O)O)c1ccccc1Cl. The maximum Gasteiger partial charge on any atom is 0.304 e. The van der Waals surface area contributed by atoms with Crippen molar-refractivity contribution in [1.82, 2.24) is 0 Å². The molecule has 2 aromatic carbocycles. The van der Waals surface area contributed by atoms with Gasteiger partial charge in [0.25, 0.3) is 5.69 Å². The van der Waals surface area contributed by atoms with Gasteiger partial charge in [-0.05, 0) is 23.3 Å². The Balaban J connectivity index is 2.46. The lowest BCUT2D eigenvalue weighted by atomic mass is 10.0. The van der Waals surface area contributed by atoms with Gasteiger partial charge in [-0.1, -0.05) is 29.8 Å². The number of hydrogen-bond donors (Lipinski definition) is 2. The van der Waals surface area contributed by atoms with E-state index in [1.54, 1.807) is 24.3 Å². The van der Waals surface area contributed by atoms with E-state index < -0.39 is 16.1 Å². The lowest BCUT2D eigenvalue weighted by Gasteiger charge is -2.20. The minimum absolute atomic E-state index is 0.0273. The van der Waals surface area contributed by atoms with Gasteiger partial charge in [-0.25, -0.2) is 0 Å². The number of aliphatic carboxylic acids is 1. The van der Waals surface area contributed by atoms with Crippen LogP contribution in [-0.4, -0.2) is 21.8 Å². The van der Waals surface area contributed by atoms with E-state index in [1.807, 2.05) is 0 Å². The molecule has 0 fully saturated rings. The van der Waals surface area contributed by atoms with Crippen LogP contribution in [0.4, 0.5) is 11.4 Å². The number of anilines is 1. The number of hydrogen-bond acceptors (Lipinski definition) is 5. The van der Waals surface area contributed by atoms with Crippen molar-refractivity contribution in [2.24, 2.45) is 0 Å². The maximum atomic E-state index is 11.0. The van der Waals surface area contributed by atoms with Gasteiger partial charge in [0.15, 0.2) is 0 Å². The summed E-state index contributed by atoms with van der Waals surface area (Å²) in [6, 6.07) is 11.3. The van der Waals surface area contributed by atoms with Crippen LogP contribution in [-0.2, 0) is 4.79 Å². The molecule has 3 N–H and O–H groups in total. The number of nitro groups is 1. The van der Waals surface area contributed by atoms with Crippen LogP contribution in [0.15, 0.2) is 42.5 Å². The largest absolute Gasteiger partial charge is 0.481 e. The fraction of sp³-hybridized carbons (Fsp3) is 0.188. The first kappa shape index (κ1) is 18.1. The van der Waals surface area contributed by atoms with Gasteiger partial charge in [0.05, 0.1) is 16.6 Å². The smallest absolute Gasteiger partial charge is 0.304 e. The quantitative estimate of drug-likeness (QED) is 0.433. The Morgan fingerprint density at radius 2 is 2.00 bits per heavy atom. The molecular weight excluding hydrogens is 352 g/mol. The van der Waals surface area contributed by atoms with Gasteiger partial charge in [0, 0.05) is 28.6 Å². The number of rotatable bonds is 7. The number of nitrogens with two attached hydrogens (primary N) is 1. The predicted octanol–water partition coefficient (Wildman–Crippen LogP) is 4.13. The van der Waals surface area contributed by atoms with Crippen molar-refractivity contribution in [3.05, 3.63) is 68.7 Å². The first-order valence-electron chi connectivity index (χ1n) is 7.01. The van der Waals surface area contributed by atoms with Crippen LogP contribution in [0.2, 0.25) is 5.02 Å². The highest BCUT2D eigenvalue weighted by Gasteiger charge is 2.22. The van der Waals surface area contributed by atoms with Gasteiger partial charge >= 0.3 is 5.97 Å². The second-order valence-corrected chi connectivity index (χ2v) is 6.61. The van der Waals surface area contributed by atoms with Crippen LogP contribution in [0.1, 0.15) is 22.8 Å². The molecule has 0 aliphatic heterocycles. The van der Waals surface area contributed by atoms with Gasteiger partial charge in [-0.3, -0.25) is 14.9 Å². The molecule has 0 heterocycles. The average molecular weight is 367 g/mol. The Morgan fingerprint density at radius 1 is 1.29 bits per heavy atom. The number of nitro benzene ring substituents is 1. The predicted molar refractivity (Wildman–Crippen MR) is 95.5 cm³/mol. The van der Waals surface area contributed by atoms with Gasteiger partial charge < -0.3 is 10.8 Å². The van der Waals surface area contributed by atoms with Crippen molar-refractivity contribution in [3.63, 3.8) is 0 Å². The minimum Gasteiger partial charge on any atom is -0.481 e. The molecule has 0 aliphatic carbocycles. The number of benzene rings is 2. The molecule has 1 atom stereocenters. The highest BCUT2D eigenvalue weighted by molar-refractivity contribution is 7.99. The van der Waals surface area contributed by atoms with Crippen molar-refractivity contribution < 1.29 is 14.8 Å². The fourth-order valence-electron chi connectivity index (χ4n) is 2.20. The summed E-state index contributed by atoms with van der Waals surface area (Å²) in [5, 5.41) is 20.0. The van der Waals surface area contributed by atoms with Crippen molar-refractivity contribution in [3.8, 4) is 0 Å². The van der Waals surface area contributed by atoms with E-state index in [0.29, 0.717) is 22.0 Å². The van der Waals surface area contributed by atoms with Crippen LogP contribution in [0.5, 0.6) is 0 Å². The molecule has 1 unspecified atom stereocenters.